The number of benzene rings is 1. The molecule has 1 aliphatic heterocycles. The number of hydrogen-bond acceptors (Lipinski definition) is 5. The van der Waals surface area contributed by atoms with E-state index in [2.05, 4.69) is 81.4 Å². The molecule has 0 spiro atoms. The Morgan fingerprint density at radius 1 is 1.12 bits per heavy atom. The summed E-state index contributed by atoms with van der Waals surface area (Å²) < 4.78 is 0. The van der Waals surface area contributed by atoms with Crippen LogP contribution < -0.4 is 10.2 Å². The molecule has 2 heterocycles. The van der Waals surface area contributed by atoms with Crippen molar-refractivity contribution < 1.29 is 0 Å². The van der Waals surface area contributed by atoms with Crippen LogP contribution in [0.25, 0.3) is 6.08 Å². The summed E-state index contributed by atoms with van der Waals surface area (Å²) in [6.07, 6.45) is 7.19. The molecule has 0 saturated carbocycles. The van der Waals surface area contributed by atoms with Gasteiger partial charge in [-0.15, -0.1) is 0 Å². The summed E-state index contributed by atoms with van der Waals surface area (Å²) in [6.45, 7) is 9.44. The fourth-order valence-electron chi connectivity index (χ4n) is 3.01. The maximum atomic E-state index is 4.47. The number of nitrogens with one attached hydrogen (secondary N) is 1. The molecular weight excluding hydrogens is 322 g/mol. The molecule has 2 aromatic rings. The third-order valence-electron chi connectivity index (χ3n) is 4.83. The van der Waals surface area contributed by atoms with Gasteiger partial charge in [-0.05, 0) is 18.9 Å². The number of nitrogens with zero attached hydrogens (tertiary/aromatic N) is 4. The summed E-state index contributed by atoms with van der Waals surface area (Å²) in [5, 5.41) is 3.43. The van der Waals surface area contributed by atoms with Gasteiger partial charge in [0.1, 0.15) is 18.0 Å². The topological polar surface area (TPSA) is 44.3 Å². The fraction of sp³-hybridized carbons (Fsp3) is 0.429. The van der Waals surface area contributed by atoms with E-state index in [1.807, 2.05) is 6.07 Å². The van der Waals surface area contributed by atoms with Gasteiger partial charge in [-0.1, -0.05) is 49.4 Å². The zero-order valence-electron chi connectivity index (χ0n) is 15.8. The van der Waals surface area contributed by atoms with Gasteiger partial charge in [-0.3, -0.25) is 4.90 Å². The molecule has 0 aliphatic carbocycles. The van der Waals surface area contributed by atoms with Gasteiger partial charge >= 0.3 is 0 Å². The van der Waals surface area contributed by atoms with Crippen molar-refractivity contribution in [3.05, 3.63) is 54.4 Å². The van der Waals surface area contributed by atoms with E-state index in [1.54, 1.807) is 6.33 Å². The summed E-state index contributed by atoms with van der Waals surface area (Å²) in [5.41, 5.74) is 1.26. The summed E-state index contributed by atoms with van der Waals surface area (Å²) >= 11 is 0. The Kier molecular flexibility index (Phi) is 6.61. The molecule has 0 radical (unpaired) electrons. The molecule has 0 amide bonds. The van der Waals surface area contributed by atoms with Gasteiger partial charge in [0.05, 0.1) is 0 Å². The first kappa shape index (κ1) is 18.4. The van der Waals surface area contributed by atoms with E-state index in [0.717, 1.165) is 50.8 Å². The highest BCUT2D eigenvalue weighted by Crippen LogP contribution is 2.17. The van der Waals surface area contributed by atoms with Crippen LogP contribution in [0.15, 0.2) is 48.8 Å². The number of hydrogen-bond donors (Lipinski definition) is 1. The molecule has 1 aromatic carbocycles. The summed E-state index contributed by atoms with van der Waals surface area (Å²) in [5.74, 6) is 1.93. The molecule has 1 saturated heterocycles. The van der Waals surface area contributed by atoms with E-state index in [9.17, 15) is 0 Å². The van der Waals surface area contributed by atoms with Gasteiger partial charge in [0.15, 0.2) is 0 Å². The lowest BCUT2D eigenvalue weighted by atomic mass is 10.2. The van der Waals surface area contributed by atoms with Crippen molar-refractivity contribution in [1.29, 1.82) is 0 Å². The zero-order chi connectivity index (χ0) is 18.2. The first-order valence-corrected chi connectivity index (χ1v) is 9.52. The lowest BCUT2D eigenvalue weighted by molar-refractivity contribution is 0.283. The second-order valence-electron chi connectivity index (χ2n) is 6.82. The molecule has 26 heavy (non-hydrogen) atoms. The average Bonchev–Trinajstić information content (AvgIpc) is 2.69. The lowest BCUT2D eigenvalue weighted by Crippen LogP contribution is -2.46. The predicted octanol–water partition coefficient (Wildman–Crippen LogP) is 3.52. The van der Waals surface area contributed by atoms with Gasteiger partial charge in [0.25, 0.3) is 0 Å². The smallest absolute Gasteiger partial charge is 0.134 e. The first-order valence-electron chi connectivity index (χ1n) is 9.52. The van der Waals surface area contributed by atoms with E-state index in [4.69, 9.17) is 0 Å². The minimum atomic E-state index is 0.422. The van der Waals surface area contributed by atoms with Crippen LogP contribution in [0.1, 0.15) is 25.8 Å². The molecule has 1 N–H and O–H groups in total. The largest absolute Gasteiger partial charge is 0.367 e. The maximum Gasteiger partial charge on any atom is 0.134 e. The highest BCUT2D eigenvalue weighted by molar-refractivity contribution is 5.50. The monoisotopic (exact) mass is 351 g/mol. The van der Waals surface area contributed by atoms with E-state index in [1.165, 1.54) is 5.56 Å². The Morgan fingerprint density at radius 2 is 1.88 bits per heavy atom. The zero-order valence-corrected chi connectivity index (χ0v) is 15.8. The number of aromatic nitrogens is 2. The van der Waals surface area contributed by atoms with E-state index in [0.29, 0.717) is 6.04 Å². The molecule has 138 valence electrons. The third-order valence-corrected chi connectivity index (χ3v) is 4.83. The van der Waals surface area contributed by atoms with Crippen molar-refractivity contribution in [2.24, 2.45) is 0 Å². The van der Waals surface area contributed by atoms with Gasteiger partial charge in [-0.2, -0.15) is 0 Å². The van der Waals surface area contributed by atoms with Gasteiger partial charge < -0.3 is 10.2 Å². The summed E-state index contributed by atoms with van der Waals surface area (Å²) in [4.78, 5) is 13.6. The lowest BCUT2D eigenvalue weighted by Gasteiger charge is -2.34. The highest BCUT2D eigenvalue weighted by atomic mass is 15.3. The van der Waals surface area contributed by atoms with Crippen LogP contribution in [-0.4, -0.2) is 53.6 Å². The van der Waals surface area contributed by atoms with Crippen molar-refractivity contribution in [3.63, 3.8) is 0 Å². The van der Waals surface area contributed by atoms with Crippen LogP contribution >= 0.6 is 0 Å². The van der Waals surface area contributed by atoms with Crippen LogP contribution in [0, 0.1) is 0 Å². The Morgan fingerprint density at radius 3 is 2.62 bits per heavy atom. The molecule has 5 heteroatoms. The van der Waals surface area contributed by atoms with Crippen LogP contribution in [0.5, 0.6) is 0 Å². The molecule has 1 atom stereocenters. The minimum Gasteiger partial charge on any atom is -0.367 e. The van der Waals surface area contributed by atoms with Crippen molar-refractivity contribution in [2.45, 2.75) is 26.3 Å². The van der Waals surface area contributed by atoms with Crippen molar-refractivity contribution >= 4 is 17.7 Å². The van der Waals surface area contributed by atoms with Crippen molar-refractivity contribution in [2.75, 3.05) is 42.9 Å². The Balaban J connectivity index is 1.49. The van der Waals surface area contributed by atoms with Crippen LogP contribution in [0.3, 0.4) is 0 Å². The third kappa shape index (κ3) is 5.30. The maximum absolute atomic E-state index is 4.47. The molecule has 1 fully saturated rings. The first-order chi connectivity index (χ1) is 12.7. The van der Waals surface area contributed by atoms with Crippen molar-refractivity contribution in [3.8, 4) is 0 Å². The number of anilines is 2. The molecule has 0 bridgehead atoms. The second-order valence-corrected chi connectivity index (χ2v) is 6.82. The fourth-order valence-corrected chi connectivity index (χ4v) is 3.01. The number of rotatable bonds is 7. The molecular formula is C21H29N5. The number of piperazine rings is 1. The quantitative estimate of drug-likeness (QED) is 0.827. The SMILES string of the molecule is CCC(C)Nc1cc(N2CCN(C/C=C/c3ccccc3)CC2)ncn1. The van der Waals surface area contributed by atoms with Gasteiger partial charge in [0, 0.05) is 44.8 Å². The molecule has 1 aromatic heterocycles. The summed E-state index contributed by atoms with van der Waals surface area (Å²) in [7, 11) is 0. The average molecular weight is 351 g/mol. The molecule has 1 aliphatic rings. The second kappa shape index (κ2) is 9.34. The molecule has 3 rings (SSSR count). The minimum absolute atomic E-state index is 0.422. The van der Waals surface area contributed by atoms with Gasteiger partial charge in [0.2, 0.25) is 0 Å². The Labute approximate surface area is 156 Å². The van der Waals surface area contributed by atoms with Crippen molar-refractivity contribution in [1.82, 2.24) is 14.9 Å². The normalized spacial score (nSPS) is 16.8. The highest BCUT2D eigenvalue weighted by Gasteiger charge is 2.17. The summed E-state index contributed by atoms with van der Waals surface area (Å²) in [6, 6.07) is 13.0. The Bertz CT molecular complexity index is 693. The van der Waals surface area contributed by atoms with E-state index in [-0.39, 0.29) is 0 Å². The van der Waals surface area contributed by atoms with E-state index >= 15 is 0 Å². The van der Waals surface area contributed by atoms with Crippen LogP contribution in [-0.2, 0) is 0 Å². The molecule has 1 unspecified atom stereocenters. The van der Waals surface area contributed by atoms with Gasteiger partial charge in [-0.25, -0.2) is 9.97 Å². The molecule has 5 nitrogen and oxygen atoms in total. The standard InChI is InChI=1S/C21H29N5/c1-3-18(2)24-20-16-21(23-17-22-20)26-14-12-25(13-15-26)11-7-10-19-8-5-4-6-9-19/h4-10,16-18H,3,11-15H2,1-2H3,(H,22,23,24)/b10-7+. The van der Waals surface area contributed by atoms with Crippen LogP contribution in [0.2, 0.25) is 0 Å². The predicted molar refractivity (Wildman–Crippen MR) is 110 cm³/mol. The Hall–Kier alpha value is -2.40. The van der Waals surface area contributed by atoms with E-state index < -0.39 is 0 Å². The van der Waals surface area contributed by atoms with Crippen LogP contribution in [0.4, 0.5) is 11.6 Å².